The van der Waals surface area contributed by atoms with Gasteiger partial charge in [-0.05, 0) is 43.2 Å². The minimum atomic E-state index is -0.297. The van der Waals surface area contributed by atoms with E-state index in [1.807, 2.05) is 24.0 Å². The van der Waals surface area contributed by atoms with Crippen LogP contribution in [0.1, 0.15) is 29.3 Å². The number of amides is 1. The molecule has 1 fully saturated rings. The quantitative estimate of drug-likeness (QED) is 0.306. The molecule has 0 aliphatic carbocycles. The molecule has 2 aromatic rings. The van der Waals surface area contributed by atoms with Gasteiger partial charge in [0.2, 0.25) is 0 Å². The lowest BCUT2D eigenvalue weighted by Crippen LogP contribution is -2.44. The van der Waals surface area contributed by atoms with Gasteiger partial charge in [-0.2, -0.15) is 0 Å². The highest BCUT2D eigenvalue weighted by Gasteiger charge is 2.25. The van der Waals surface area contributed by atoms with Gasteiger partial charge in [0, 0.05) is 44.5 Å². The Kier molecular flexibility index (Phi) is 9.28. The molecule has 1 aromatic carbocycles. The number of carbonyl (C=O) groups excluding carboxylic acids is 1. The maximum Gasteiger partial charge on any atom is 0.251 e. The summed E-state index contributed by atoms with van der Waals surface area (Å²) in [6, 6.07) is 10.6. The third kappa shape index (κ3) is 6.28. The van der Waals surface area contributed by atoms with Crippen molar-refractivity contribution < 1.29 is 9.18 Å². The topological polar surface area (TPSA) is 81.6 Å². The van der Waals surface area contributed by atoms with Crippen LogP contribution in [0.15, 0.2) is 47.6 Å². The summed E-state index contributed by atoms with van der Waals surface area (Å²) in [6.07, 6.45) is 2.49. The molecule has 1 amide bonds. The van der Waals surface area contributed by atoms with Crippen LogP contribution in [0.4, 0.5) is 10.2 Å². The number of halogens is 2. The molecular weight excluding hydrogens is 498 g/mol. The number of nitrogens with zero attached hydrogens (tertiary/aromatic N) is 3. The molecule has 1 aliphatic rings. The van der Waals surface area contributed by atoms with E-state index in [2.05, 4.69) is 25.9 Å². The van der Waals surface area contributed by atoms with Crippen molar-refractivity contribution in [3.05, 3.63) is 59.5 Å². The second kappa shape index (κ2) is 11.7. The van der Waals surface area contributed by atoms with E-state index in [1.165, 1.54) is 6.07 Å². The lowest BCUT2D eigenvalue weighted by Gasteiger charge is -2.20. The second-order valence-electron chi connectivity index (χ2n) is 6.86. The molecule has 1 atom stereocenters. The number of nitrogens with one attached hydrogen (secondary N) is 3. The third-order valence-electron chi connectivity index (χ3n) is 4.77. The van der Waals surface area contributed by atoms with Gasteiger partial charge in [0.15, 0.2) is 17.6 Å². The van der Waals surface area contributed by atoms with Gasteiger partial charge in [0.25, 0.3) is 5.91 Å². The van der Waals surface area contributed by atoms with Gasteiger partial charge in [-0.1, -0.05) is 12.1 Å². The van der Waals surface area contributed by atoms with Crippen molar-refractivity contribution in [2.24, 2.45) is 4.99 Å². The van der Waals surface area contributed by atoms with Crippen molar-refractivity contribution in [3.8, 4) is 0 Å². The molecule has 162 valence electrons. The molecule has 0 saturated carbocycles. The molecular formula is C21H28FIN6O. The van der Waals surface area contributed by atoms with E-state index in [1.54, 1.807) is 31.4 Å². The summed E-state index contributed by atoms with van der Waals surface area (Å²) < 4.78 is 14.0. The van der Waals surface area contributed by atoms with Crippen LogP contribution < -0.4 is 20.9 Å². The molecule has 1 aliphatic heterocycles. The fourth-order valence-electron chi connectivity index (χ4n) is 3.27. The van der Waals surface area contributed by atoms with Gasteiger partial charge in [-0.3, -0.25) is 4.79 Å². The summed E-state index contributed by atoms with van der Waals surface area (Å²) in [5, 5.41) is 9.29. The van der Waals surface area contributed by atoms with Crippen molar-refractivity contribution in [1.82, 2.24) is 20.9 Å². The van der Waals surface area contributed by atoms with Crippen LogP contribution in [0.25, 0.3) is 0 Å². The van der Waals surface area contributed by atoms with Crippen LogP contribution in [0, 0.1) is 5.82 Å². The van der Waals surface area contributed by atoms with E-state index in [0.29, 0.717) is 24.5 Å². The molecule has 0 radical (unpaired) electrons. The van der Waals surface area contributed by atoms with Crippen molar-refractivity contribution >= 4 is 41.7 Å². The maximum atomic E-state index is 14.0. The smallest absolute Gasteiger partial charge is 0.251 e. The molecule has 1 unspecified atom stereocenters. The van der Waals surface area contributed by atoms with Crippen molar-refractivity contribution in [2.45, 2.75) is 25.9 Å². The molecule has 3 N–H and O–H groups in total. The van der Waals surface area contributed by atoms with E-state index < -0.39 is 0 Å². The van der Waals surface area contributed by atoms with Crippen molar-refractivity contribution in [1.29, 1.82) is 0 Å². The molecule has 1 aromatic heterocycles. The number of carbonyl (C=O) groups is 1. The first-order valence-electron chi connectivity index (χ1n) is 9.82. The number of rotatable bonds is 6. The van der Waals surface area contributed by atoms with Crippen LogP contribution in [-0.4, -0.2) is 49.6 Å². The van der Waals surface area contributed by atoms with E-state index >= 15 is 0 Å². The maximum absolute atomic E-state index is 14.0. The minimum absolute atomic E-state index is 0. The number of hydrogen-bond donors (Lipinski definition) is 3. The standard InChI is InChI=1S/C21H27FN6O.HI/c1-3-24-21(26-13-15-6-8-16(9-7-15)20(29)23-2)27-17-10-12-28(14-17)19-18(22)5-4-11-25-19;/h4-9,11,17H,3,10,12-14H2,1-2H3,(H,23,29)(H2,24,26,27);1H. The van der Waals surface area contributed by atoms with Gasteiger partial charge >= 0.3 is 0 Å². The molecule has 2 heterocycles. The molecule has 7 nitrogen and oxygen atoms in total. The molecule has 0 bridgehead atoms. The Bertz CT molecular complexity index is 861. The van der Waals surface area contributed by atoms with Gasteiger partial charge in [-0.25, -0.2) is 14.4 Å². The Morgan fingerprint density at radius 1 is 1.30 bits per heavy atom. The van der Waals surface area contributed by atoms with Crippen molar-refractivity contribution in [2.75, 3.05) is 31.6 Å². The van der Waals surface area contributed by atoms with Crippen LogP contribution >= 0.6 is 24.0 Å². The number of hydrogen-bond acceptors (Lipinski definition) is 4. The first-order valence-corrected chi connectivity index (χ1v) is 9.82. The number of guanidine groups is 1. The van der Waals surface area contributed by atoms with Gasteiger partial charge in [-0.15, -0.1) is 24.0 Å². The van der Waals surface area contributed by atoms with Crippen LogP contribution in [0.2, 0.25) is 0 Å². The highest BCUT2D eigenvalue weighted by molar-refractivity contribution is 14.0. The van der Waals surface area contributed by atoms with E-state index in [4.69, 9.17) is 0 Å². The summed E-state index contributed by atoms with van der Waals surface area (Å²) in [5.74, 6) is 0.713. The van der Waals surface area contributed by atoms with Crippen LogP contribution in [0.3, 0.4) is 0 Å². The fourth-order valence-corrected chi connectivity index (χ4v) is 3.27. The largest absolute Gasteiger partial charge is 0.357 e. The zero-order chi connectivity index (χ0) is 20.6. The summed E-state index contributed by atoms with van der Waals surface area (Å²) >= 11 is 0. The number of pyridine rings is 1. The average molecular weight is 526 g/mol. The highest BCUT2D eigenvalue weighted by atomic mass is 127. The minimum Gasteiger partial charge on any atom is -0.357 e. The molecule has 30 heavy (non-hydrogen) atoms. The van der Waals surface area contributed by atoms with Crippen LogP contribution in [-0.2, 0) is 6.54 Å². The second-order valence-corrected chi connectivity index (χ2v) is 6.86. The van der Waals surface area contributed by atoms with E-state index in [0.717, 1.165) is 31.0 Å². The summed E-state index contributed by atoms with van der Waals surface area (Å²) in [4.78, 5) is 22.4. The number of benzene rings is 1. The summed E-state index contributed by atoms with van der Waals surface area (Å²) in [6.45, 7) is 4.66. The normalized spacial score (nSPS) is 16.0. The lowest BCUT2D eigenvalue weighted by molar-refractivity contribution is 0.0963. The Morgan fingerprint density at radius 3 is 2.73 bits per heavy atom. The third-order valence-corrected chi connectivity index (χ3v) is 4.77. The summed E-state index contributed by atoms with van der Waals surface area (Å²) in [5.41, 5.74) is 1.64. The fraction of sp³-hybridized carbons (Fsp3) is 0.381. The highest BCUT2D eigenvalue weighted by Crippen LogP contribution is 2.20. The Balaban J connectivity index is 0.00000320. The lowest BCUT2D eigenvalue weighted by atomic mass is 10.1. The Morgan fingerprint density at radius 2 is 2.07 bits per heavy atom. The molecule has 9 heteroatoms. The zero-order valence-electron chi connectivity index (χ0n) is 17.2. The van der Waals surface area contributed by atoms with Crippen molar-refractivity contribution in [3.63, 3.8) is 0 Å². The van der Waals surface area contributed by atoms with Crippen LogP contribution in [0.5, 0.6) is 0 Å². The van der Waals surface area contributed by atoms with Gasteiger partial charge < -0.3 is 20.9 Å². The Hall–Kier alpha value is -2.43. The predicted molar refractivity (Wildman–Crippen MR) is 128 cm³/mol. The molecule has 0 spiro atoms. The first kappa shape index (κ1) is 23.8. The van der Waals surface area contributed by atoms with E-state index in [-0.39, 0.29) is 41.7 Å². The SMILES string of the molecule is CCNC(=NCc1ccc(C(=O)NC)cc1)NC1CCN(c2ncccc2F)C1.I. The van der Waals surface area contributed by atoms with E-state index in [9.17, 15) is 9.18 Å². The summed E-state index contributed by atoms with van der Waals surface area (Å²) in [7, 11) is 1.61. The zero-order valence-corrected chi connectivity index (χ0v) is 19.5. The number of aliphatic imine (C=N–C) groups is 1. The number of anilines is 1. The number of aromatic nitrogens is 1. The van der Waals surface area contributed by atoms with Gasteiger partial charge in [0.1, 0.15) is 0 Å². The first-order chi connectivity index (χ1) is 14.1. The molecule has 1 saturated heterocycles. The Labute approximate surface area is 193 Å². The predicted octanol–water partition coefficient (Wildman–Crippen LogP) is 2.53. The monoisotopic (exact) mass is 526 g/mol. The molecule has 3 rings (SSSR count). The average Bonchev–Trinajstić information content (AvgIpc) is 3.20. The van der Waals surface area contributed by atoms with Gasteiger partial charge in [0.05, 0.1) is 6.54 Å².